The molecule has 0 unspecified atom stereocenters. The number of thiophene rings is 1. The van der Waals surface area contributed by atoms with Crippen LogP contribution in [0.5, 0.6) is 5.75 Å². The van der Waals surface area contributed by atoms with Gasteiger partial charge in [-0.05, 0) is 61.7 Å². The fourth-order valence-corrected chi connectivity index (χ4v) is 6.83. The third-order valence-corrected chi connectivity index (χ3v) is 8.68. The zero-order chi connectivity index (χ0) is 25.0. The number of hydrogen-bond acceptors (Lipinski definition) is 7. The quantitative estimate of drug-likeness (QED) is 0.284. The van der Waals surface area contributed by atoms with Gasteiger partial charge < -0.3 is 9.47 Å². The van der Waals surface area contributed by atoms with E-state index in [0.29, 0.717) is 18.8 Å². The molecule has 0 spiro atoms. The summed E-state index contributed by atoms with van der Waals surface area (Å²) in [6, 6.07) is 16.0. The van der Waals surface area contributed by atoms with Crippen molar-refractivity contribution in [1.29, 1.82) is 0 Å². The highest BCUT2D eigenvalue weighted by Gasteiger charge is 2.32. The molecular formula is C27H26N4O3S2. The Balaban J connectivity index is 1.56. The van der Waals surface area contributed by atoms with Crippen molar-refractivity contribution in [3.05, 3.63) is 80.5 Å². The van der Waals surface area contributed by atoms with Gasteiger partial charge in [-0.2, -0.15) is 0 Å². The highest BCUT2D eigenvalue weighted by molar-refractivity contribution is 7.98. The van der Waals surface area contributed by atoms with Gasteiger partial charge in [-0.1, -0.05) is 36.0 Å². The molecule has 0 N–H and O–H groups in total. The summed E-state index contributed by atoms with van der Waals surface area (Å²) in [5.41, 5.74) is 3.72. The number of fused-ring (bicyclic) bond motifs is 5. The fraction of sp³-hybridized carbons (Fsp3) is 0.296. The first-order valence-corrected chi connectivity index (χ1v) is 13.6. The molecule has 7 nitrogen and oxygen atoms in total. The predicted octanol–water partition coefficient (Wildman–Crippen LogP) is 5.56. The van der Waals surface area contributed by atoms with Gasteiger partial charge in [-0.25, -0.2) is 8.97 Å². The number of aromatic nitrogens is 4. The van der Waals surface area contributed by atoms with Crippen molar-refractivity contribution < 1.29 is 9.47 Å². The van der Waals surface area contributed by atoms with Crippen LogP contribution in [0.2, 0.25) is 0 Å². The third kappa shape index (κ3) is 3.91. The number of benzene rings is 2. The number of rotatable bonds is 5. The molecule has 4 heterocycles. The molecule has 0 saturated heterocycles. The van der Waals surface area contributed by atoms with Gasteiger partial charge >= 0.3 is 0 Å². The van der Waals surface area contributed by atoms with Crippen LogP contribution in [0, 0.1) is 6.92 Å². The SMILES string of the molecule is COc1ccc(CSc2nnc3n(-c4cccc(C)c4)c(=O)c4c5c(sc4n23)COC(C)(C)C5)cc1. The van der Waals surface area contributed by atoms with E-state index in [0.717, 1.165) is 54.1 Å². The third-order valence-electron chi connectivity index (χ3n) is 6.49. The lowest BCUT2D eigenvalue weighted by molar-refractivity contribution is -0.0379. The van der Waals surface area contributed by atoms with Gasteiger partial charge in [0.2, 0.25) is 5.78 Å². The Labute approximate surface area is 216 Å². The van der Waals surface area contributed by atoms with Crippen LogP contribution in [0.1, 0.15) is 35.4 Å². The molecule has 184 valence electrons. The van der Waals surface area contributed by atoms with Gasteiger partial charge in [0, 0.05) is 17.1 Å². The van der Waals surface area contributed by atoms with Gasteiger partial charge in [0.15, 0.2) is 5.16 Å². The van der Waals surface area contributed by atoms with Crippen molar-refractivity contribution in [2.75, 3.05) is 7.11 Å². The van der Waals surface area contributed by atoms with Crippen molar-refractivity contribution >= 4 is 39.1 Å². The highest BCUT2D eigenvalue weighted by Crippen LogP contribution is 2.39. The molecule has 6 rings (SSSR count). The largest absolute Gasteiger partial charge is 0.497 e. The average molecular weight is 519 g/mol. The first kappa shape index (κ1) is 23.3. The molecule has 5 aromatic rings. The molecule has 2 aromatic carbocycles. The lowest BCUT2D eigenvalue weighted by Gasteiger charge is -2.29. The van der Waals surface area contributed by atoms with E-state index in [1.54, 1.807) is 34.8 Å². The van der Waals surface area contributed by atoms with Crippen molar-refractivity contribution in [2.45, 2.75) is 50.3 Å². The monoisotopic (exact) mass is 518 g/mol. The Kier molecular flexibility index (Phi) is 5.66. The van der Waals surface area contributed by atoms with Crippen molar-refractivity contribution in [1.82, 2.24) is 19.2 Å². The first-order valence-electron chi connectivity index (χ1n) is 11.8. The summed E-state index contributed by atoms with van der Waals surface area (Å²) in [7, 11) is 1.66. The second-order valence-corrected chi connectivity index (χ2v) is 11.7. The second kappa shape index (κ2) is 8.76. The summed E-state index contributed by atoms with van der Waals surface area (Å²) < 4.78 is 15.1. The van der Waals surface area contributed by atoms with Crippen LogP contribution in [0.25, 0.3) is 21.7 Å². The molecule has 0 bridgehead atoms. The zero-order valence-electron chi connectivity index (χ0n) is 20.6. The van der Waals surface area contributed by atoms with E-state index in [1.807, 2.05) is 47.7 Å². The van der Waals surface area contributed by atoms with Gasteiger partial charge in [-0.15, -0.1) is 21.5 Å². The van der Waals surface area contributed by atoms with Crippen molar-refractivity contribution in [3.63, 3.8) is 0 Å². The maximum atomic E-state index is 14.1. The normalized spacial score (nSPS) is 14.9. The van der Waals surface area contributed by atoms with E-state index < -0.39 is 0 Å². The maximum absolute atomic E-state index is 14.1. The number of nitrogens with zero attached hydrogens (tertiary/aromatic N) is 4. The Morgan fingerprint density at radius 2 is 1.97 bits per heavy atom. The standard InChI is InChI=1S/C27H26N4O3S2/c1-16-6-5-7-18(12-16)30-23(32)22-20-13-27(2,3)34-14-21(20)36-24(22)31-25(30)28-29-26(31)35-15-17-8-10-19(33-4)11-9-17/h5-12H,13-15H2,1-4H3. The van der Waals surface area contributed by atoms with Gasteiger partial charge in [0.1, 0.15) is 10.6 Å². The summed E-state index contributed by atoms with van der Waals surface area (Å²) in [4.78, 5) is 16.1. The van der Waals surface area contributed by atoms with Crippen molar-refractivity contribution in [3.8, 4) is 11.4 Å². The predicted molar refractivity (Wildman–Crippen MR) is 144 cm³/mol. The minimum absolute atomic E-state index is 0.0580. The lowest BCUT2D eigenvalue weighted by atomic mass is 9.94. The van der Waals surface area contributed by atoms with Crippen molar-refractivity contribution in [2.24, 2.45) is 0 Å². The van der Waals surface area contributed by atoms with E-state index in [2.05, 4.69) is 36.2 Å². The number of aryl methyl sites for hydroxylation is 1. The maximum Gasteiger partial charge on any atom is 0.268 e. The van der Waals surface area contributed by atoms with Gasteiger partial charge in [0.05, 0.1) is 30.4 Å². The smallest absolute Gasteiger partial charge is 0.268 e. The average Bonchev–Trinajstić information content (AvgIpc) is 3.44. The molecule has 0 amide bonds. The van der Waals surface area contributed by atoms with Crippen LogP contribution in [0.3, 0.4) is 0 Å². The number of ether oxygens (including phenoxy) is 2. The Bertz CT molecular complexity index is 1660. The zero-order valence-corrected chi connectivity index (χ0v) is 22.2. The van der Waals surface area contributed by atoms with Crippen LogP contribution in [0.15, 0.2) is 58.5 Å². The van der Waals surface area contributed by atoms with Gasteiger partial charge in [-0.3, -0.25) is 4.79 Å². The molecule has 0 fully saturated rings. The Morgan fingerprint density at radius 1 is 1.17 bits per heavy atom. The van der Waals surface area contributed by atoms with E-state index in [1.165, 1.54) is 0 Å². The molecule has 9 heteroatoms. The molecule has 1 aliphatic rings. The second-order valence-electron chi connectivity index (χ2n) is 9.64. The van der Waals surface area contributed by atoms with Crippen LogP contribution < -0.4 is 10.3 Å². The lowest BCUT2D eigenvalue weighted by Crippen LogP contribution is -2.32. The van der Waals surface area contributed by atoms with E-state index in [9.17, 15) is 4.79 Å². The minimum Gasteiger partial charge on any atom is -0.497 e. The summed E-state index contributed by atoms with van der Waals surface area (Å²) in [5, 5.41) is 10.6. The summed E-state index contributed by atoms with van der Waals surface area (Å²) in [5.74, 6) is 2.07. The van der Waals surface area contributed by atoms with E-state index >= 15 is 0 Å². The number of thioether (sulfide) groups is 1. The molecule has 0 radical (unpaired) electrons. The highest BCUT2D eigenvalue weighted by atomic mass is 32.2. The molecule has 36 heavy (non-hydrogen) atoms. The van der Waals surface area contributed by atoms with E-state index in [4.69, 9.17) is 9.47 Å². The van der Waals surface area contributed by atoms with Crippen LogP contribution in [-0.2, 0) is 23.5 Å². The van der Waals surface area contributed by atoms with Gasteiger partial charge in [0.25, 0.3) is 5.56 Å². The summed E-state index contributed by atoms with van der Waals surface area (Å²) in [6.45, 7) is 6.68. The Hall–Kier alpha value is -3.14. The minimum atomic E-state index is -0.324. The van der Waals surface area contributed by atoms with Crippen LogP contribution in [-0.4, -0.2) is 31.9 Å². The summed E-state index contributed by atoms with van der Waals surface area (Å²) >= 11 is 3.22. The fourth-order valence-electron chi connectivity index (χ4n) is 4.67. The topological polar surface area (TPSA) is 70.7 Å². The molecule has 0 saturated carbocycles. The van der Waals surface area contributed by atoms with Crippen LogP contribution >= 0.6 is 23.1 Å². The van der Waals surface area contributed by atoms with Crippen LogP contribution in [0.4, 0.5) is 0 Å². The molecule has 0 aliphatic carbocycles. The number of hydrogen-bond donors (Lipinski definition) is 0. The Morgan fingerprint density at radius 3 is 2.72 bits per heavy atom. The molecule has 1 aliphatic heterocycles. The first-order chi connectivity index (χ1) is 17.3. The molecule has 3 aromatic heterocycles. The van der Waals surface area contributed by atoms with E-state index in [-0.39, 0.29) is 11.2 Å². The number of methoxy groups -OCH3 is 1. The molecule has 0 atom stereocenters. The summed E-state index contributed by atoms with van der Waals surface area (Å²) in [6.07, 6.45) is 0.688. The molecular weight excluding hydrogens is 492 g/mol.